The molecule has 0 bridgehead atoms. The van der Waals surface area contributed by atoms with Crippen LogP contribution in [0.2, 0.25) is 0 Å². The van der Waals surface area contributed by atoms with E-state index in [0.29, 0.717) is 18.8 Å². The van der Waals surface area contributed by atoms with Crippen molar-refractivity contribution in [3.05, 3.63) is 27.9 Å². The average Bonchev–Trinajstić information content (AvgIpc) is 3.23. The summed E-state index contributed by atoms with van der Waals surface area (Å²) in [7, 11) is 0. The molecule has 0 N–H and O–H groups in total. The van der Waals surface area contributed by atoms with Crippen molar-refractivity contribution in [3.63, 3.8) is 0 Å². The van der Waals surface area contributed by atoms with Gasteiger partial charge in [0, 0.05) is 22.9 Å². The highest BCUT2D eigenvalue weighted by atomic mass is 32.1. The Hall–Kier alpha value is -1.24. The molecule has 6 heteroatoms. The molecule has 2 aliphatic rings. The summed E-state index contributed by atoms with van der Waals surface area (Å²) in [6, 6.07) is 2.29. The van der Waals surface area contributed by atoms with Gasteiger partial charge >= 0.3 is 0 Å². The quantitative estimate of drug-likeness (QED) is 0.853. The van der Waals surface area contributed by atoms with Crippen LogP contribution in [-0.4, -0.2) is 41.1 Å². The Morgan fingerprint density at radius 3 is 3.19 bits per heavy atom. The summed E-state index contributed by atoms with van der Waals surface area (Å²) in [6.07, 6.45) is 3.51. The van der Waals surface area contributed by atoms with Crippen molar-refractivity contribution in [3.8, 4) is 10.6 Å². The molecular formula is C15H16N2O2S2. The molecule has 2 fully saturated rings. The maximum Gasteiger partial charge on any atom is 0.273 e. The number of nitrogens with zero attached hydrogens (tertiary/aromatic N) is 2. The molecule has 1 aliphatic heterocycles. The lowest BCUT2D eigenvalue weighted by atomic mass is 10.1. The van der Waals surface area contributed by atoms with E-state index >= 15 is 0 Å². The number of amides is 1. The van der Waals surface area contributed by atoms with Crippen LogP contribution < -0.4 is 0 Å². The number of hydrogen-bond donors (Lipinski definition) is 0. The van der Waals surface area contributed by atoms with Crippen molar-refractivity contribution < 1.29 is 9.53 Å². The van der Waals surface area contributed by atoms with Gasteiger partial charge in [0.2, 0.25) is 0 Å². The second-order valence-electron chi connectivity index (χ2n) is 5.46. The lowest BCUT2D eigenvalue weighted by molar-refractivity contribution is -0.0447. The summed E-state index contributed by atoms with van der Waals surface area (Å²) in [5.74, 6) is 0.0629. The van der Waals surface area contributed by atoms with Crippen LogP contribution in [0.5, 0.6) is 0 Å². The molecule has 1 amide bonds. The summed E-state index contributed by atoms with van der Waals surface area (Å²) in [5.41, 5.74) is 1.68. The van der Waals surface area contributed by atoms with Gasteiger partial charge in [0.25, 0.3) is 5.91 Å². The molecule has 3 heterocycles. The maximum absolute atomic E-state index is 12.7. The summed E-state index contributed by atoms with van der Waals surface area (Å²) in [6.45, 7) is 1.33. The number of carbonyl (C=O) groups is 1. The van der Waals surface area contributed by atoms with Gasteiger partial charge in [-0.25, -0.2) is 4.98 Å². The molecule has 0 spiro atoms. The molecule has 2 aromatic rings. The molecule has 21 heavy (non-hydrogen) atoms. The normalized spacial score (nSPS) is 25.0. The predicted octanol–water partition coefficient (Wildman–Crippen LogP) is 3.27. The number of morpholine rings is 1. The second-order valence-corrected chi connectivity index (χ2v) is 7.09. The summed E-state index contributed by atoms with van der Waals surface area (Å²) in [5, 5.41) is 6.91. The molecule has 4 nitrogen and oxygen atoms in total. The standard InChI is InChI=1S/C15H16N2O2S2/c18-15(17-5-6-19-13-3-1-2-12(13)17)11-9-21-14(16-11)10-4-7-20-8-10/h4,7-9,12-13H,1-3,5-6H2/t12-,13-/m0/s1. The zero-order valence-electron chi connectivity index (χ0n) is 11.5. The SMILES string of the molecule is O=C(c1csc(-c2ccsc2)n1)N1CCO[C@H]2CCC[C@@H]21. The molecule has 1 saturated carbocycles. The van der Waals surface area contributed by atoms with Crippen LogP contribution in [0.3, 0.4) is 0 Å². The van der Waals surface area contributed by atoms with Crippen LogP contribution >= 0.6 is 22.7 Å². The van der Waals surface area contributed by atoms with E-state index in [2.05, 4.69) is 10.4 Å². The van der Waals surface area contributed by atoms with Crippen LogP contribution in [0.15, 0.2) is 22.2 Å². The highest BCUT2D eigenvalue weighted by molar-refractivity contribution is 7.14. The van der Waals surface area contributed by atoms with Crippen LogP contribution in [-0.2, 0) is 4.74 Å². The van der Waals surface area contributed by atoms with Gasteiger partial charge < -0.3 is 9.64 Å². The lowest BCUT2D eigenvalue weighted by Gasteiger charge is -2.37. The first-order chi connectivity index (χ1) is 10.3. The first-order valence-electron chi connectivity index (χ1n) is 7.23. The maximum atomic E-state index is 12.7. The van der Waals surface area contributed by atoms with E-state index in [1.54, 1.807) is 22.7 Å². The third-order valence-corrected chi connectivity index (χ3v) is 5.81. The molecule has 2 aromatic heterocycles. The van der Waals surface area contributed by atoms with E-state index in [1.165, 1.54) is 0 Å². The van der Waals surface area contributed by atoms with Crippen LogP contribution in [0.25, 0.3) is 10.6 Å². The lowest BCUT2D eigenvalue weighted by Crippen LogP contribution is -2.51. The highest BCUT2D eigenvalue weighted by Crippen LogP contribution is 2.32. The number of thiazole rings is 1. The molecule has 110 valence electrons. The number of aromatic nitrogens is 1. The van der Waals surface area contributed by atoms with Crippen molar-refractivity contribution in [2.75, 3.05) is 13.2 Å². The fraction of sp³-hybridized carbons (Fsp3) is 0.467. The predicted molar refractivity (Wildman–Crippen MR) is 83.8 cm³/mol. The van der Waals surface area contributed by atoms with Gasteiger partial charge in [-0.05, 0) is 30.7 Å². The molecule has 0 radical (unpaired) electrons. The second kappa shape index (κ2) is 5.51. The Morgan fingerprint density at radius 1 is 1.38 bits per heavy atom. The van der Waals surface area contributed by atoms with Crippen molar-refractivity contribution in [1.82, 2.24) is 9.88 Å². The number of thiophene rings is 1. The van der Waals surface area contributed by atoms with E-state index in [1.807, 2.05) is 21.7 Å². The molecular weight excluding hydrogens is 304 g/mol. The van der Waals surface area contributed by atoms with Gasteiger partial charge in [0.15, 0.2) is 0 Å². The van der Waals surface area contributed by atoms with E-state index in [-0.39, 0.29) is 18.1 Å². The Labute approximate surface area is 131 Å². The third-order valence-electron chi connectivity index (χ3n) is 4.23. The molecule has 0 unspecified atom stereocenters. The minimum Gasteiger partial charge on any atom is -0.374 e. The van der Waals surface area contributed by atoms with Crippen molar-refractivity contribution in [2.24, 2.45) is 0 Å². The van der Waals surface area contributed by atoms with Gasteiger partial charge in [-0.1, -0.05) is 0 Å². The molecule has 1 saturated heterocycles. The van der Waals surface area contributed by atoms with Gasteiger partial charge in [-0.3, -0.25) is 4.79 Å². The zero-order valence-corrected chi connectivity index (χ0v) is 13.2. The Kier molecular flexibility index (Phi) is 3.52. The summed E-state index contributed by atoms with van der Waals surface area (Å²) >= 11 is 3.19. The van der Waals surface area contributed by atoms with Crippen LogP contribution in [0, 0.1) is 0 Å². The van der Waals surface area contributed by atoms with Crippen molar-refractivity contribution in [2.45, 2.75) is 31.4 Å². The summed E-state index contributed by atoms with van der Waals surface area (Å²) in [4.78, 5) is 19.3. The Balaban J connectivity index is 1.57. The third kappa shape index (κ3) is 2.41. The number of ether oxygens (including phenoxy) is 1. The molecule has 4 rings (SSSR count). The first-order valence-corrected chi connectivity index (χ1v) is 9.06. The van der Waals surface area contributed by atoms with E-state index < -0.39 is 0 Å². The smallest absolute Gasteiger partial charge is 0.273 e. The minimum absolute atomic E-state index is 0.0629. The first kappa shape index (κ1) is 13.4. The summed E-state index contributed by atoms with van der Waals surface area (Å²) < 4.78 is 5.77. The average molecular weight is 320 g/mol. The van der Waals surface area contributed by atoms with Gasteiger partial charge in [0.1, 0.15) is 10.7 Å². The topological polar surface area (TPSA) is 42.4 Å². The van der Waals surface area contributed by atoms with Gasteiger partial charge in [-0.15, -0.1) is 11.3 Å². The fourth-order valence-corrected chi connectivity index (χ4v) is 4.72. The molecule has 0 aromatic carbocycles. The minimum atomic E-state index is 0.0629. The van der Waals surface area contributed by atoms with Crippen LogP contribution in [0.4, 0.5) is 0 Å². The Morgan fingerprint density at radius 2 is 2.33 bits per heavy atom. The van der Waals surface area contributed by atoms with Gasteiger partial charge in [0.05, 0.1) is 18.8 Å². The number of carbonyl (C=O) groups excluding carboxylic acids is 1. The molecule has 1 aliphatic carbocycles. The van der Waals surface area contributed by atoms with Gasteiger partial charge in [-0.2, -0.15) is 11.3 Å². The van der Waals surface area contributed by atoms with E-state index in [9.17, 15) is 4.79 Å². The number of hydrogen-bond acceptors (Lipinski definition) is 5. The van der Waals surface area contributed by atoms with Crippen molar-refractivity contribution in [1.29, 1.82) is 0 Å². The zero-order chi connectivity index (χ0) is 14.2. The largest absolute Gasteiger partial charge is 0.374 e. The Bertz CT molecular complexity index is 638. The highest BCUT2D eigenvalue weighted by Gasteiger charge is 2.39. The van der Waals surface area contributed by atoms with E-state index in [0.717, 1.165) is 29.8 Å². The fourth-order valence-electron chi connectivity index (χ4n) is 3.22. The van der Waals surface area contributed by atoms with Crippen LogP contribution in [0.1, 0.15) is 29.8 Å². The molecule has 2 atom stereocenters. The van der Waals surface area contributed by atoms with E-state index in [4.69, 9.17) is 4.74 Å². The number of rotatable bonds is 2. The monoisotopic (exact) mass is 320 g/mol. The van der Waals surface area contributed by atoms with Crippen molar-refractivity contribution >= 4 is 28.6 Å². The number of fused-ring (bicyclic) bond motifs is 1.